The molecule has 110 valence electrons. The summed E-state index contributed by atoms with van der Waals surface area (Å²) in [5, 5.41) is 11.2. The lowest BCUT2D eigenvalue weighted by Crippen LogP contribution is -2.38. The van der Waals surface area contributed by atoms with Gasteiger partial charge in [0.25, 0.3) is 0 Å². The van der Waals surface area contributed by atoms with Gasteiger partial charge in [0.15, 0.2) is 5.82 Å². The summed E-state index contributed by atoms with van der Waals surface area (Å²) in [5.41, 5.74) is 0. The number of esters is 1. The normalized spacial score (nSPS) is 25.6. The quantitative estimate of drug-likeness (QED) is 0.777. The van der Waals surface area contributed by atoms with Crippen molar-refractivity contribution in [2.24, 2.45) is 5.92 Å². The summed E-state index contributed by atoms with van der Waals surface area (Å²) in [6, 6.07) is 0.373. The highest BCUT2D eigenvalue weighted by atomic mass is 16.5. The minimum Gasteiger partial charge on any atom is -0.469 e. The summed E-state index contributed by atoms with van der Waals surface area (Å²) in [5.74, 6) is 1.61. The molecule has 2 atom stereocenters. The lowest BCUT2D eigenvalue weighted by atomic mass is 9.89. The third-order valence-corrected chi connectivity index (χ3v) is 4.12. The van der Waals surface area contributed by atoms with Gasteiger partial charge in [0, 0.05) is 6.54 Å². The first kappa shape index (κ1) is 13.4. The van der Waals surface area contributed by atoms with Gasteiger partial charge in [0.1, 0.15) is 6.42 Å². The smallest absolute Gasteiger partial charge is 0.313 e. The van der Waals surface area contributed by atoms with Gasteiger partial charge in [0.05, 0.1) is 13.2 Å². The van der Waals surface area contributed by atoms with Crippen LogP contribution in [0, 0.1) is 5.92 Å². The summed E-state index contributed by atoms with van der Waals surface area (Å²) in [6.07, 6.45) is 3.63. The largest absolute Gasteiger partial charge is 0.469 e. The highest BCUT2D eigenvalue weighted by Crippen LogP contribution is 2.32. The molecule has 1 saturated heterocycles. The van der Waals surface area contributed by atoms with Crippen molar-refractivity contribution in [3.63, 3.8) is 0 Å². The highest BCUT2D eigenvalue weighted by Gasteiger charge is 2.31. The number of carbonyl (C=O) groups is 1. The zero-order valence-electron chi connectivity index (χ0n) is 11.8. The molecule has 0 radical (unpaired) electrons. The monoisotopic (exact) mass is 279 g/mol. The van der Waals surface area contributed by atoms with Crippen LogP contribution in [-0.4, -0.2) is 47.5 Å². The lowest BCUT2D eigenvalue weighted by Gasteiger charge is -2.34. The molecule has 1 aromatic rings. The Balaban J connectivity index is 1.78. The van der Waals surface area contributed by atoms with Crippen molar-refractivity contribution >= 4 is 11.9 Å². The van der Waals surface area contributed by atoms with Crippen molar-refractivity contribution < 1.29 is 9.53 Å². The maximum absolute atomic E-state index is 11.3. The first-order valence-electron chi connectivity index (χ1n) is 7.24. The summed E-state index contributed by atoms with van der Waals surface area (Å²) in [4.78, 5) is 15.7. The Morgan fingerprint density at radius 3 is 3.10 bits per heavy atom. The number of piperidine rings is 1. The van der Waals surface area contributed by atoms with Crippen LogP contribution >= 0.6 is 0 Å². The van der Waals surface area contributed by atoms with Crippen molar-refractivity contribution in [3.05, 3.63) is 5.82 Å². The number of ether oxygens (including phenoxy) is 1. The van der Waals surface area contributed by atoms with Crippen LogP contribution < -0.4 is 10.6 Å². The van der Waals surface area contributed by atoms with Crippen molar-refractivity contribution in [3.8, 4) is 0 Å². The molecular formula is C13H21N5O2. The number of fused-ring (bicyclic) bond motifs is 1. The SMILES string of the molecule is COC(=O)Cc1nc2n(n1)C(C1CCCNC1)CCN2. The second-order valence-corrected chi connectivity index (χ2v) is 5.44. The number of hydrogen-bond donors (Lipinski definition) is 2. The van der Waals surface area contributed by atoms with Gasteiger partial charge < -0.3 is 15.4 Å². The molecule has 2 N–H and O–H groups in total. The van der Waals surface area contributed by atoms with Crippen molar-refractivity contribution in [1.29, 1.82) is 0 Å². The topological polar surface area (TPSA) is 81.1 Å². The van der Waals surface area contributed by atoms with E-state index in [0.717, 1.165) is 32.0 Å². The predicted octanol–water partition coefficient (Wildman–Crippen LogP) is 0.350. The van der Waals surface area contributed by atoms with E-state index in [1.165, 1.54) is 20.0 Å². The molecule has 1 fully saturated rings. The molecule has 20 heavy (non-hydrogen) atoms. The maximum Gasteiger partial charge on any atom is 0.313 e. The van der Waals surface area contributed by atoms with E-state index in [1.54, 1.807) is 0 Å². The van der Waals surface area contributed by atoms with E-state index in [4.69, 9.17) is 0 Å². The van der Waals surface area contributed by atoms with E-state index in [9.17, 15) is 4.79 Å². The molecule has 7 heteroatoms. The summed E-state index contributed by atoms with van der Waals surface area (Å²) in [7, 11) is 1.38. The van der Waals surface area contributed by atoms with Gasteiger partial charge in [-0.25, -0.2) is 4.68 Å². The lowest BCUT2D eigenvalue weighted by molar-refractivity contribution is -0.139. The Morgan fingerprint density at radius 1 is 1.45 bits per heavy atom. The molecule has 0 saturated carbocycles. The number of nitrogens with zero attached hydrogens (tertiary/aromatic N) is 3. The van der Waals surface area contributed by atoms with E-state index in [-0.39, 0.29) is 12.4 Å². The fourth-order valence-electron chi connectivity index (χ4n) is 3.09. The van der Waals surface area contributed by atoms with Crippen LogP contribution in [0.3, 0.4) is 0 Å². The molecule has 1 aromatic heterocycles. The van der Waals surface area contributed by atoms with Crippen LogP contribution in [-0.2, 0) is 16.0 Å². The molecule has 3 heterocycles. The molecule has 0 bridgehead atoms. The molecule has 0 aliphatic carbocycles. The van der Waals surface area contributed by atoms with Crippen LogP contribution in [0.2, 0.25) is 0 Å². The second kappa shape index (κ2) is 5.78. The van der Waals surface area contributed by atoms with Gasteiger partial charge >= 0.3 is 5.97 Å². The average Bonchev–Trinajstić information content (AvgIpc) is 2.90. The predicted molar refractivity (Wildman–Crippen MR) is 73.5 cm³/mol. The zero-order chi connectivity index (χ0) is 13.9. The molecule has 0 spiro atoms. The van der Waals surface area contributed by atoms with Crippen LogP contribution in [0.4, 0.5) is 5.95 Å². The highest BCUT2D eigenvalue weighted by molar-refractivity contribution is 5.71. The molecule has 2 unspecified atom stereocenters. The number of anilines is 1. The van der Waals surface area contributed by atoms with E-state index in [1.807, 2.05) is 4.68 Å². The van der Waals surface area contributed by atoms with Crippen molar-refractivity contribution in [2.45, 2.75) is 31.7 Å². The van der Waals surface area contributed by atoms with Gasteiger partial charge in [-0.05, 0) is 38.3 Å². The van der Waals surface area contributed by atoms with Gasteiger partial charge in [-0.15, -0.1) is 0 Å². The number of rotatable bonds is 3. The molecular weight excluding hydrogens is 258 g/mol. The number of carbonyl (C=O) groups excluding carboxylic acids is 1. The Kier molecular flexibility index (Phi) is 3.86. The van der Waals surface area contributed by atoms with Crippen molar-refractivity contribution in [1.82, 2.24) is 20.1 Å². The minimum absolute atomic E-state index is 0.133. The van der Waals surface area contributed by atoms with Gasteiger partial charge in [0.2, 0.25) is 5.95 Å². The second-order valence-electron chi connectivity index (χ2n) is 5.44. The number of aromatic nitrogens is 3. The van der Waals surface area contributed by atoms with Gasteiger partial charge in [-0.1, -0.05) is 0 Å². The Hall–Kier alpha value is -1.63. The standard InChI is InChI=1S/C13H21N5O2/c1-20-12(19)7-11-16-13-15-6-4-10(18(13)17-11)9-3-2-5-14-8-9/h9-10,14H,2-8H2,1H3,(H,15,16,17). The van der Waals surface area contributed by atoms with E-state index in [2.05, 4.69) is 25.5 Å². The zero-order valence-corrected chi connectivity index (χ0v) is 11.8. The first-order chi connectivity index (χ1) is 9.78. The summed E-state index contributed by atoms with van der Waals surface area (Å²) >= 11 is 0. The van der Waals surface area contributed by atoms with Crippen LogP contribution in [0.1, 0.15) is 31.1 Å². The van der Waals surface area contributed by atoms with Crippen LogP contribution in [0.5, 0.6) is 0 Å². The van der Waals surface area contributed by atoms with Crippen LogP contribution in [0.15, 0.2) is 0 Å². The minimum atomic E-state index is -0.302. The average molecular weight is 279 g/mol. The molecule has 2 aliphatic rings. The van der Waals surface area contributed by atoms with Gasteiger partial charge in [-0.2, -0.15) is 10.1 Å². The fraction of sp³-hybridized carbons (Fsp3) is 0.769. The third kappa shape index (κ3) is 2.63. The first-order valence-corrected chi connectivity index (χ1v) is 7.24. The number of hydrogen-bond acceptors (Lipinski definition) is 6. The van der Waals surface area contributed by atoms with E-state index < -0.39 is 0 Å². The third-order valence-electron chi connectivity index (χ3n) is 4.12. The Labute approximate surface area is 118 Å². The maximum atomic E-state index is 11.3. The van der Waals surface area contributed by atoms with E-state index in [0.29, 0.717) is 17.8 Å². The fourth-order valence-corrected chi connectivity index (χ4v) is 3.09. The summed E-state index contributed by atoms with van der Waals surface area (Å²) < 4.78 is 6.64. The molecule has 0 aromatic carbocycles. The summed E-state index contributed by atoms with van der Waals surface area (Å²) in [6.45, 7) is 3.06. The molecule has 0 amide bonds. The Morgan fingerprint density at radius 2 is 2.35 bits per heavy atom. The molecule has 2 aliphatic heterocycles. The van der Waals surface area contributed by atoms with E-state index >= 15 is 0 Å². The number of methoxy groups -OCH3 is 1. The van der Waals surface area contributed by atoms with Crippen molar-refractivity contribution in [2.75, 3.05) is 32.1 Å². The van der Waals surface area contributed by atoms with Crippen LogP contribution in [0.25, 0.3) is 0 Å². The number of nitrogens with one attached hydrogen (secondary N) is 2. The van der Waals surface area contributed by atoms with Gasteiger partial charge in [-0.3, -0.25) is 4.79 Å². The molecule has 3 rings (SSSR count). The molecule has 7 nitrogen and oxygen atoms in total. The Bertz CT molecular complexity index is 481.